The van der Waals surface area contributed by atoms with Crippen LogP contribution in [0.3, 0.4) is 0 Å². The van der Waals surface area contributed by atoms with Gasteiger partial charge in [-0.25, -0.2) is 14.4 Å². The molecule has 2 aromatic carbocycles. The Morgan fingerprint density at radius 2 is 2.00 bits per heavy atom. The third kappa shape index (κ3) is 5.23. The van der Waals surface area contributed by atoms with E-state index in [2.05, 4.69) is 41.8 Å². The Labute approximate surface area is 198 Å². The molecule has 2 heterocycles. The molecule has 1 aliphatic heterocycles. The van der Waals surface area contributed by atoms with E-state index in [1.165, 1.54) is 19.5 Å². The number of methoxy groups -OCH3 is 2. The molecule has 172 valence electrons. The van der Waals surface area contributed by atoms with Crippen molar-refractivity contribution < 1.29 is 18.7 Å². The van der Waals surface area contributed by atoms with Crippen molar-refractivity contribution in [3.05, 3.63) is 53.0 Å². The molecule has 8 nitrogen and oxygen atoms in total. The number of amides is 1. The second-order valence-corrected chi connectivity index (χ2v) is 8.35. The minimum atomic E-state index is -0.849. The quantitative estimate of drug-likeness (QED) is 0.392. The summed E-state index contributed by atoms with van der Waals surface area (Å²) in [6.07, 6.45) is 4.48. The molecule has 1 aliphatic rings. The minimum Gasteiger partial charge on any atom is -0.495 e. The molecule has 3 aromatic rings. The predicted molar refractivity (Wildman–Crippen MR) is 129 cm³/mol. The Morgan fingerprint density at radius 3 is 2.73 bits per heavy atom. The molecule has 0 saturated carbocycles. The fraction of sp³-hybridized carbons (Fsp3) is 0.261. The van der Waals surface area contributed by atoms with E-state index < -0.39 is 11.7 Å². The van der Waals surface area contributed by atoms with Crippen molar-refractivity contribution >= 4 is 49.9 Å². The van der Waals surface area contributed by atoms with E-state index in [9.17, 15) is 9.18 Å². The third-order valence-corrected chi connectivity index (χ3v) is 5.78. The number of aromatic nitrogens is 2. The van der Waals surface area contributed by atoms with Crippen molar-refractivity contribution in [2.24, 2.45) is 0 Å². The van der Waals surface area contributed by atoms with Crippen LogP contribution >= 0.6 is 15.9 Å². The van der Waals surface area contributed by atoms with Crippen molar-refractivity contribution in [2.45, 2.75) is 18.9 Å². The molecule has 1 fully saturated rings. The first kappa shape index (κ1) is 22.9. The molecule has 33 heavy (non-hydrogen) atoms. The van der Waals surface area contributed by atoms with E-state index in [4.69, 9.17) is 9.47 Å². The van der Waals surface area contributed by atoms with E-state index >= 15 is 0 Å². The SMILES string of the molecule is COc1cc2ncnc(Nc3cc(Br)ccc3OC)c2cc1NC(=O)/C(F)=C\C1CCCN1. The number of benzene rings is 2. The van der Waals surface area contributed by atoms with Gasteiger partial charge < -0.3 is 25.4 Å². The summed E-state index contributed by atoms with van der Waals surface area (Å²) in [6, 6.07) is 8.72. The van der Waals surface area contributed by atoms with Crippen LogP contribution in [0, 0.1) is 0 Å². The number of anilines is 3. The lowest BCUT2D eigenvalue weighted by Gasteiger charge is -2.15. The fourth-order valence-corrected chi connectivity index (χ4v) is 4.00. The summed E-state index contributed by atoms with van der Waals surface area (Å²) in [4.78, 5) is 21.1. The van der Waals surface area contributed by atoms with Gasteiger partial charge in [-0.2, -0.15) is 0 Å². The van der Waals surface area contributed by atoms with E-state index in [0.717, 1.165) is 23.9 Å². The molecule has 1 aromatic heterocycles. The van der Waals surface area contributed by atoms with Gasteiger partial charge in [-0.3, -0.25) is 4.79 Å². The average Bonchev–Trinajstić information content (AvgIpc) is 3.32. The monoisotopic (exact) mass is 515 g/mol. The highest BCUT2D eigenvalue weighted by molar-refractivity contribution is 9.10. The molecule has 4 rings (SSSR count). The molecular formula is C23H23BrFN5O3. The van der Waals surface area contributed by atoms with Gasteiger partial charge in [-0.15, -0.1) is 0 Å². The van der Waals surface area contributed by atoms with Crippen LogP contribution in [0.2, 0.25) is 0 Å². The van der Waals surface area contributed by atoms with Gasteiger partial charge in [-0.05, 0) is 49.7 Å². The van der Waals surface area contributed by atoms with Crippen LogP contribution in [0.1, 0.15) is 12.8 Å². The number of nitrogens with zero attached hydrogens (tertiary/aromatic N) is 2. The maximum absolute atomic E-state index is 14.5. The predicted octanol–water partition coefficient (Wildman–Crippen LogP) is 4.70. The second kappa shape index (κ2) is 10.1. The fourth-order valence-electron chi connectivity index (χ4n) is 3.64. The first-order chi connectivity index (χ1) is 16.0. The van der Waals surface area contributed by atoms with Crippen LogP contribution in [0.15, 0.2) is 53.0 Å². The maximum atomic E-state index is 14.5. The highest BCUT2D eigenvalue weighted by atomic mass is 79.9. The lowest BCUT2D eigenvalue weighted by molar-refractivity contribution is -0.114. The van der Waals surface area contributed by atoms with Crippen LogP contribution in [-0.2, 0) is 4.79 Å². The third-order valence-electron chi connectivity index (χ3n) is 5.28. The van der Waals surface area contributed by atoms with Gasteiger partial charge in [0.1, 0.15) is 23.6 Å². The number of hydrogen-bond acceptors (Lipinski definition) is 7. The molecule has 1 unspecified atom stereocenters. The molecular weight excluding hydrogens is 493 g/mol. The highest BCUT2D eigenvalue weighted by Crippen LogP contribution is 2.36. The Bertz CT molecular complexity index is 1210. The van der Waals surface area contributed by atoms with Crippen molar-refractivity contribution in [1.82, 2.24) is 15.3 Å². The zero-order valence-electron chi connectivity index (χ0n) is 18.1. The minimum absolute atomic E-state index is 0.140. The van der Waals surface area contributed by atoms with Gasteiger partial charge in [0.15, 0.2) is 5.83 Å². The summed E-state index contributed by atoms with van der Waals surface area (Å²) in [5.74, 6) is -0.229. The molecule has 10 heteroatoms. The first-order valence-corrected chi connectivity index (χ1v) is 11.1. The van der Waals surface area contributed by atoms with E-state index in [-0.39, 0.29) is 6.04 Å². The molecule has 0 aliphatic carbocycles. The summed E-state index contributed by atoms with van der Waals surface area (Å²) in [6.45, 7) is 0.813. The summed E-state index contributed by atoms with van der Waals surface area (Å²) >= 11 is 3.45. The molecule has 1 amide bonds. The molecule has 1 saturated heterocycles. The normalized spacial score (nSPS) is 16.0. The number of nitrogens with one attached hydrogen (secondary N) is 3. The zero-order chi connectivity index (χ0) is 23.4. The molecule has 3 N–H and O–H groups in total. The number of carbonyl (C=O) groups is 1. The van der Waals surface area contributed by atoms with Gasteiger partial charge in [0.2, 0.25) is 0 Å². The average molecular weight is 516 g/mol. The zero-order valence-corrected chi connectivity index (χ0v) is 19.7. The standard InChI is InChI=1S/C23H23BrFN5O3/c1-32-20-6-5-13(24)8-18(20)29-22-15-10-19(21(33-2)11-17(15)27-12-28-22)30-23(31)16(25)9-14-4-3-7-26-14/h5-6,8-12,14,26H,3-4,7H2,1-2H3,(H,30,31)(H,27,28,29)/b16-9+. The number of hydrogen-bond donors (Lipinski definition) is 3. The summed E-state index contributed by atoms with van der Waals surface area (Å²) in [5, 5.41) is 9.59. The maximum Gasteiger partial charge on any atom is 0.284 e. The molecule has 0 spiro atoms. The lowest BCUT2D eigenvalue weighted by atomic mass is 10.1. The Morgan fingerprint density at radius 1 is 1.18 bits per heavy atom. The summed E-state index contributed by atoms with van der Waals surface area (Å²) in [5.41, 5.74) is 1.57. The van der Waals surface area contributed by atoms with Crippen LogP contribution in [0.4, 0.5) is 21.6 Å². The molecule has 1 atom stereocenters. The van der Waals surface area contributed by atoms with Crippen molar-refractivity contribution in [2.75, 3.05) is 31.4 Å². The van der Waals surface area contributed by atoms with E-state index in [0.29, 0.717) is 39.6 Å². The number of fused-ring (bicyclic) bond motifs is 1. The Hall–Kier alpha value is -3.24. The van der Waals surface area contributed by atoms with Gasteiger partial charge in [0.25, 0.3) is 5.91 Å². The van der Waals surface area contributed by atoms with Crippen LogP contribution in [0.5, 0.6) is 11.5 Å². The number of halogens is 2. The van der Waals surface area contributed by atoms with Crippen molar-refractivity contribution in [1.29, 1.82) is 0 Å². The Balaban J connectivity index is 1.68. The van der Waals surface area contributed by atoms with Crippen LogP contribution in [0.25, 0.3) is 10.9 Å². The second-order valence-electron chi connectivity index (χ2n) is 7.43. The molecule has 0 bridgehead atoms. The van der Waals surface area contributed by atoms with Gasteiger partial charge >= 0.3 is 0 Å². The topological polar surface area (TPSA) is 97.4 Å². The van der Waals surface area contributed by atoms with E-state index in [1.807, 2.05) is 18.2 Å². The van der Waals surface area contributed by atoms with Gasteiger partial charge in [0, 0.05) is 22.0 Å². The van der Waals surface area contributed by atoms with Gasteiger partial charge in [-0.1, -0.05) is 15.9 Å². The largest absolute Gasteiger partial charge is 0.495 e. The first-order valence-electron chi connectivity index (χ1n) is 10.3. The van der Waals surface area contributed by atoms with Crippen molar-refractivity contribution in [3.8, 4) is 11.5 Å². The summed E-state index contributed by atoms with van der Waals surface area (Å²) in [7, 11) is 3.05. The van der Waals surface area contributed by atoms with Crippen LogP contribution in [-0.4, -0.2) is 42.7 Å². The Kier molecular flexibility index (Phi) is 7.05. The smallest absolute Gasteiger partial charge is 0.284 e. The number of ether oxygens (including phenoxy) is 2. The number of rotatable bonds is 7. The van der Waals surface area contributed by atoms with E-state index in [1.54, 1.807) is 19.2 Å². The van der Waals surface area contributed by atoms with Crippen LogP contribution < -0.4 is 25.4 Å². The molecule has 0 radical (unpaired) electrons. The van der Waals surface area contributed by atoms with Gasteiger partial charge in [0.05, 0.1) is 31.1 Å². The lowest BCUT2D eigenvalue weighted by Crippen LogP contribution is -2.21. The summed E-state index contributed by atoms with van der Waals surface area (Å²) < 4.78 is 26.2. The number of carbonyl (C=O) groups excluding carboxylic acids is 1. The highest BCUT2D eigenvalue weighted by Gasteiger charge is 2.19. The van der Waals surface area contributed by atoms with Crippen molar-refractivity contribution in [3.63, 3.8) is 0 Å².